The molecule has 16 heavy (non-hydrogen) atoms. The monoisotopic (exact) mass is 243 g/mol. The van der Waals surface area contributed by atoms with E-state index in [1.807, 2.05) is 20.8 Å². The van der Waals surface area contributed by atoms with Gasteiger partial charge in [-0.3, -0.25) is 4.79 Å². The maximum absolute atomic E-state index is 13.1. The molecule has 0 spiro atoms. The molecule has 0 aliphatic rings. The Morgan fingerprint density at radius 2 is 2.12 bits per heavy atom. The Hall–Kier alpha value is -1.09. The van der Waals surface area contributed by atoms with Crippen LogP contribution in [0.2, 0.25) is 5.02 Å². The highest BCUT2D eigenvalue weighted by atomic mass is 35.5. The molecule has 1 rings (SSSR count). The normalized spacial score (nSPS) is 11.3. The maximum atomic E-state index is 13.1. The van der Waals surface area contributed by atoms with E-state index in [-0.39, 0.29) is 10.9 Å². The molecule has 88 valence electrons. The maximum Gasteiger partial charge on any atom is 0.230 e. The number of amides is 1. The molecule has 1 amide bonds. The van der Waals surface area contributed by atoms with Gasteiger partial charge in [-0.15, -0.1) is 0 Å². The van der Waals surface area contributed by atoms with Gasteiger partial charge in [0.15, 0.2) is 0 Å². The second-order valence-corrected chi connectivity index (χ2v) is 4.73. The van der Waals surface area contributed by atoms with Crippen LogP contribution < -0.4 is 5.32 Å². The molecule has 0 aromatic heterocycles. The van der Waals surface area contributed by atoms with Crippen molar-refractivity contribution in [2.75, 3.05) is 5.32 Å². The molecule has 2 nitrogen and oxygen atoms in total. The van der Waals surface area contributed by atoms with E-state index in [1.165, 1.54) is 12.1 Å². The van der Waals surface area contributed by atoms with E-state index in [2.05, 4.69) is 5.32 Å². The van der Waals surface area contributed by atoms with Gasteiger partial charge in [-0.2, -0.15) is 0 Å². The molecule has 0 radical (unpaired) electrons. The molecule has 0 bridgehead atoms. The minimum absolute atomic E-state index is 0.0488. The van der Waals surface area contributed by atoms with Gasteiger partial charge in [0.2, 0.25) is 5.91 Å². The SMILES string of the molecule is CCC(C)(C)C(=O)Nc1ccc(Cl)c(F)c1. The van der Waals surface area contributed by atoms with Crippen molar-refractivity contribution in [1.82, 2.24) is 0 Å². The van der Waals surface area contributed by atoms with Crippen molar-refractivity contribution in [2.45, 2.75) is 27.2 Å². The van der Waals surface area contributed by atoms with Gasteiger partial charge >= 0.3 is 0 Å². The number of halogens is 2. The van der Waals surface area contributed by atoms with Crippen LogP contribution in [0.4, 0.5) is 10.1 Å². The van der Waals surface area contributed by atoms with E-state index in [9.17, 15) is 9.18 Å². The average molecular weight is 244 g/mol. The Labute approximate surface area is 99.8 Å². The lowest BCUT2D eigenvalue weighted by Gasteiger charge is -2.21. The van der Waals surface area contributed by atoms with Crippen molar-refractivity contribution in [1.29, 1.82) is 0 Å². The van der Waals surface area contributed by atoms with E-state index >= 15 is 0 Å². The van der Waals surface area contributed by atoms with E-state index in [1.54, 1.807) is 6.07 Å². The van der Waals surface area contributed by atoms with Crippen LogP contribution in [0.25, 0.3) is 0 Å². The molecule has 0 atom stereocenters. The molecule has 0 heterocycles. The lowest BCUT2D eigenvalue weighted by molar-refractivity contribution is -0.124. The summed E-state index contributed by atoms with van der Waals surface area (Å²) in [6, 6.07) is 4.21. The van der Waals surface area contributed by atoms with Crippen LogP contribution in [-0.4, -0.2) is 5.91 Å². The summed E-state index contributed by atoms with van der Waals surface area (Å²) < 4.78 is 13.1. The standard InChI is InChI=1S/C12H15ClFNO/c1-4-12(2,3)11(16)15-8-5-6-9(13)10(14)7-8/h5-7H,4H2,1-3H3,(H,15,16). The highest BCUT2D eigenvalue weighted by Crippen LogP contribution is 2.24. The third-order valence-electron chi connectivity index (χ3n) is 2.68. The first-order valence-electron chi connectivity index (χ1n) is 5.13. The number of benzene rings is 1. The second-order valence-electron chi connectivity index (χ2n) is 4.32. The first kappa shape index (κ1) is 13.0. The van der Waals surface area contributed by atoms with Gasteiger partial charge in [0.05, 0.1) is 5.02 Å². The van der Waals surface area contributed by atoms with Crippen LogP contribution in [-0.2, 0) is 4.79 Å². The van der Waals surface area contributed by atoms with Crippen LogP contribution in [0, 0.1) is 11.2 Å². The Balaban J connectivity index is 2.82. The summed E-state index contributed by atoms with van der Waals surface area (Å²) >= 11 is 5.55. The smallest absolute Gasteiger partial charge is 0.230 e. The quantitative estimate of drug-likeness (QED) is 0.858. The number of hydrogen-bond donors (Lipinski definition) is 1. The fourth-order valence-electron chi connectivity index (χ4n) is 1.03. The first-order valence-corrected chi connectivity index (χ1v) is 5.51. The molecule has 1 aromatic rings. The van der Waals surface area contributed by atoms with Gasteiger partial charge in [0.1, 0.15) is 5.82 Å². The van der Waals surface area contributed by atoms with Crippen molar-refractivity contribution >= 4 is 23.2 Å². The van der Waals surface area contributed by atoms with Crippen molar-refractivity contribution in [3.05, 3.63) is 29.0 Å². The molecule has 0 saturated heterocycles. The van der Waals surface area contributed by atoms with Gasteiger partial charge < -0.3 is 5.32 Å². The first-order chi connectivity index (χ1) is 7.36. The Bertz CT molecular complexity index is 404. The van der Waals surface area contributed by atoms with Gasteiger partial charge in [-0.05, 0) is 24.6 Å². The highest BCUT2D eigenvalue weighted by molar-refractivity contribution is 6.30. The van der Waals surface area contributed by atoms with Crippen molar-refractivity contribution in [2.24, 2.45) is 5.41 Å². The van der Waals surface area contributed by atoms with Gasteiger partial charge in [-0.25, -0.2) is 4.39 Å². The minimum atomic E-state index is -0.534. The zero-order valence-electron chi connectivity index (χ0n) is 9.60. The molecule has 0 unspecified atom stereocenters. The van der Waals surface area contributed by atoms with E-state index in [0.29, 0.717) is 5.69 Å². The number of rotatable bonds is 3. The Kier molecular flexibility index (Phi) is 3.92. The van der Waals surface area contributed by atoms with Gasteiger partial charge in [0.25, 0.3) is 0 Å². The molecule has 0 aliphatic heterocycles. The molecule has 0 saturated carbocycles. The van der Waals surface area contributed by atoms with Crippen LogP contribution in [0.1, 0.15) is 27.2 Å². The Morgan fingerprint density at radius 3 is 2.62 bits per heavy atom. The van der Waals surface area contributed by atoms with Crippen LogP contribution >= 0.6 is 11.6 Å². The van der Waals surface area contributed by atoms with Gasteiger partial charge in [0, 0.05) is 11.1 Å². The summed E-state index contributed by atoms with van der Waals surface area (Å²) in [7, 11) is 0. The zero-order chi connectivity index (χ0) is 12.3. The number of anilines is 1. The number of nitrogens with one attached hydrogen (secondary N) is 1. The molecular weight excluding hydrogens is 229 g/mol. The Morgan fingerprint density at radius 1 is 1.50 bits per heavy atom. The number of carbonyl (C=O) groups is 1. The second kappa shape index (κ2) is 4.83. The van der Waals surface area contributed by atoms with Crippen molar-refractivity contribution < 1.29 is 9.18 Å². The molecule has 1 aromatic carbocycles. The predicted molar refractivity (Wildman–Crippen MR) is 64.1 cm³/mol. The number of carbonyl (C=O) groups excluding carboxylic acids is 1. The summed E-state index contributed by atoms with van der Waals surface area (Å²) in [6.07, 6.45) is 0.717. The predicted octanol–water partition coefficient (Wildman–Crippen LogP) is 3.85. The summed E-state index contributed by atoms with van der Waals surface area (Å²) in [5.74, 6) is -0.662. The lowest BCUT2D eigenvalue weighted by Crippen LogP contribution is -2.29. The van der Waals surface area contributed by atoms with Crippen molar-refractivity contribution in [3.8, 4) is 0 Å². The summed E-state index contributed by atoms with van der Waals surface area (Å²) in [5.41, 5.74) is -0.0377. The largest absolute Gasteiger partial charge is 0.326 e. The molecular formula is C12H15ClFNO. The van der Waals surface area contributed by atoms with Gasteiger partial charge in [-0.1, -0.05) is 32.4 Å². The van der Waals surface area contributed by atoms with E-state index < -0.39 is 11.2 Å². The fraction of sp³-hybridized carbons (Fsp3) is 0.417. The summed E-state index contributed by atoms with van der Waals surface area (Å²) in [4.78, 5) is 11.8. The van der Waals surface area contributed by atoms with Crippen LogP contribution in [0.3, 0.4) is 0 Å². The van der Waals surface area contributed by atoms with E-state index in [4.69, 9.17) is 11.6 Å². The zero-order valence-corrected chi connectivity index (χ0v) is 10.4. The fourth-order valence-corrected chi connectivity index (χ4v) is 1.15. The van der Waals surface area contributed by atoms with Crippen molar-refractivity contribution in [3.63, 3.8) is 0 Å². The summed E-state index contributed by atoms with van der Waals surface area (Å²) in [5, 5.41) is 2.71. The van der Waals surface area contributed by atoms with E-state index in [0.717, 1.165) is 6.42 Å². The third-order valence-corrected chi connectivity index (χ3v) is 2.98. The minimum Gasteiger partial charge on any atom is -0.326 e. The average Bonchev–Trinajstić information content (AvgIpc) is 2.23. The van der Waals surface area contributed by atoms with Crippen LogP contribution in [0.15, 0.2) is 18.2 Å². The lowest BCUT2D eigenvalue weighted by atomic mass is 9.89. The summed E-state index contributed by atoms with van der Waals surface area (Å²) in [6.45, 7) is 5.62. The van der Waals surface area contributed by atoms with Crippen LogP contribution in [0.5, 0.6) is 0 Å². The topological polar surface area (TPSA) is 29.1 Å². The highest BCUT2D eigenvalue weighted by Gasteiger charge is 2.25. The molecule has 4 heteroatoms. The third kappa shape index (κ3) is 2.95. The number of hydrogen-bond acceptors (Lipinski definition) is 1. The molecule has 0 aliphatic carbocycles. The molecule has 1 N–H and O–H groups in total. The molecule has 0 fully saturated rings.